The van der Waals surface area contributed by atoms with Gasteiger partial charge in [0, 0.05) is 6.54 Å². The van der Waals surface area contributed by atoms with Gasteiger partial charge >= 0.3 is 6.18 Å². The van der Waals surface area contributed by atoms with E-state index in [0.29, 0.717) is 5.75 Å². The fourth-order valence-corrected chi connectivity index (χ4v) is 1.48. The third-order valence-electron chi connectivity index (χ3n) is 2.30. The Kier molecular flexibility index (Phi) is 4.18. The first kappa shape index (κ1) is 12.8. The van der Waals surface area contributed by atoms with Gasteiger partial charge in [-0.25, -0.2) is 0 Å². The van der Waals surface area contributed by atoms with Crippen LogP contribution in [0.15, 0.2) is 24.3 Å². The van der Waals surface area contributed by atoms with Gasteiger partial charge in [-0.15, -0.1) is 0 Å². The summed E-state index contributed by atoms with van der Waals surface area (Å²) < 4.78 is 43.2. The van der Waals surface area contributed by atoms with Crippen molar-refractivity contribution in [3.05, 3.63) is 29.8 Å². The average molecular weight is 233 g/mol. The molecule has 0 aliphatic carbocycles. The molecule has 1 aromatic carbocycles. The van der Waals surface area contributed by atoms with Gasteiger partial charge in [0.05, 0.1) is 13.0 Å². The molecule has 2 nitrogen and oxygen atoms in total. The van der Waals surface area contributed by atoms with Crippen molar-refractivity contribution in [2.45, 2.75) is 12.1 Å². The minimum Gasteiger partial charge on any atom is -0.497 e. The lowest BCUT2D eigenvalue weighted by molar-refractivity contribution is -0.149. The first-order valence-corrected chi connectivity index (χ1v) is 4.84. The molecule has 0 radical (unpaired) electrons. The normalized spacial score (nSPS) is 13.6. The van der Waals surface area contributed by atoms with Crippen molar-refractivity contribution in [1.82, 2.24) is 5.32 Å². The highest BCUT2D eigenvalue weighted by Gasteiger charge is 2.40. The van der Waals surface area contributed by atoms with Crippen molar-refractivity contribution in [2.75, 3.05) is 20.7 Å². The van der Waals surface area contributed by atoms with Gasteiger partial charge < -0.3 is 10.1 Å². The molecule has 90 valence electrons. The van der Waals surface area contributed by atoms with Crippen molar-refractivity contribution in [2.24, 2.45) is 0 Å². The van der Waals surface area contributed by atoms with Gasteiger partial charge in [-0.05, 0) is 24.7 Å². The van der Waals surface area contributed by atoms with Crippen LogP contribution in [0, 0.1) is 0 Å². The van der Waals surface area contributed by atoms with Crippen LogP contribution in [0.25, 0.3) is 0 Å². The summed E-state index contributed by atoms with van der Waals surface area (Å²) in [6.07, 6.45) is -4.25. The first-order chi connectivity index (χ1) is 7.49. The molecule has 0 heterocycles. The quantitative estimate of drug-likeness (QED) is 0.863. The van der Waals surface area contributed by atoms with E-state index >= 15 is 0 Å². The highest BCUT2D eigenvalue weighted by Crippen LogP contribution is 2.35. The van der Waals surface area contributed by atoms with E-state index in [4.69, 9.17) is 4.74 Å². The van der Waals surface area contributed by atoms with Crippen molar-refractivity contribution in [1.29, 1.82) is 0 Å². The van der Waals surface area contributed by atoms with Gasteiger partial charge in [-0.1, -0.05) is 12.1 Å². The number of halogens is 3. The van der Waals surface area contributed by atoms with E-state index in [1.807, 2.05) is 0 Å². The Morgan fingerprint density at radius 1 is 1.38 bits per heavy atom. The molecule has 1 rings (SSSR count). The maximum atomic E-state index is 12.7. The molecule has 1 atom stereocenters. The number of methoxy groups -OCH3 is 1. The minimum absolute atomic E-state index is 0.142. The van der Waals surface area contributed by atoms with Crippen LogP contribution in [0.1, 0.15) is 11.5 Å². The van der Waals surface area contributed by atoms with Gasteiger partial charge in [-0.3, -0.25) is 0 Å². The number of rotatable bonds is 4. The number of hydrogen-bond acceptors (Lipinski definition) is 2. The Balaban J connectivity index is 3.01. The van der Waals surface area contributed by atoms with Crippen molar-refractivity contribution >= 4 is 0 Å². The summed E-state index contributed by atoms with van der Waals surface area (Å²) in [5.74, 6) is -1.07. The number of alkyl halides is 3. The standard InChI is InChI=1S/C11H14F3NO/c1-15-7-10(11(12,13)14)8-4-3-5-9(6-8)16-2/h3-6,10,15H,7H2,1-2H3. The molecule has 5 heteroatoms. The largest absolute Gasteiger partial charge is 0.497 e. The molecule has 16 heavy (non-hydrogen) atoms. The number of nitrogens with one attached hydrogen (secondary N) is 1. The minimum atomic E-state index is -4.25. The number of likely N-dealkylation sites (N-methyl/N-ethyl adjacent to an activating group) is 1. The third-order valence-corrected chi connectivity index (χ3v) is 2.30. The lowest BCUT2D eigenvalue weighted by atomic mass is 9.98. The average Bonchev–Trinajstić information content (AvgIpc) is 2.24. The lowest BCUT2D eigenvalue weighted by Gasteiger charge is -2.20. The van der Waals surface area contributed by atoms with Crippen LogP contribution in [0.5, 0.6) is 5.75 Å². The summed E-state index contributed by atoms with van der Waals surface area (Å²) >= 11 is 0. The number of benzene rings is 1. The summed E-state index contributed by atoms with van der Waals surface area (Å²) in [5, 5.41) is 2.55. The Morgan fingerprint density at radius 2 is 2.06 bits per heavy atom. The van der Waals surface area contributed by atoms with Gasteiger partial charge in [0.15, 0.2) is 0 Å². The molecule has 1 N–H and O–H groups in total. The van der Waals surface area contributed by atoms with Gasteiger partial charge in [0.2, 0.25) is 0 Å². The monoisotopic (exact) mass is 233 g/mol. The predicted molar refractivity (Wildman–Crippen MR) is 55.7 cm³/mol. The summed E-state index contributed by atoms with van der Waals surface area (Å²) in [7, 11) is 2.93. The second kappa shape index (κ2) is 5.21. The van der Waals surface area contributed by atoms with E-state index in [0.717, 1.165) is 0 Å². The molecule has 0 fully saturated rings. The summed E-state index contributed by atoms with van der Waals surface area (Å²) in [4.78, 5) is 0. The highest BCUT2D eigenvalue weighted by molar-refractivity contribution is 5.31. The first-order valence-electron chi connectivity index (χ1n) is 4.84. The maximum absolute atomic E-state index is 12.7. The van der Waals surface area contributed by atoms with Crippen molar-refractivity contribution in [3.63, 3.8) is 0 Å². The second-order valence-corrected chi connectivity index (χ2v) is 3.43. The van der Waals surface area contributed by atoms with Crippen molar-refractivity contribution in [3.8, 4) is 5.75 Å². The van der Waals surface area contributed by atoms with E-state index in [-0.39, 0.29) is 12.1 Å². The van der Waals surface area contributed by atoms with Crippen LogP contribution in [-0.4, -0.2) is 26.9 Å². The Hall–Kier alpha value is -1.23. The van der Waals surface area contributed by atoms with Crippen LogP contribution < -0.4 is 10.1 Å². The van der Waals surface area contributed by atoms with Crippen LogP contribution in [0.4, 0.5) is 13.2 Å². The summed E-state index contributed by atoms with van der Waals surface area (Å²) in [6, 6.07) is 6.05. The van der Waals surface area contributed by atoms with E-state index in [1.165, 1.54) is 26.3 Å². The zero-order valence-corrected chi connectivity index (χ0v) is 9.14. The molecule has 0 aliphatic heterocycles. The van der Waals surface area contributed by atoms with Crippen LogP contribution >= 0.6 is 0 Å². The van der Waals surface area contributed by atoms with Gasteiger partial charge in [0.25, 0.3) is 0 Å². The lowest BCUT2D eigenvalue weighted by Crippen LogP contribution is -2.29. The molecular weight excluding hydrogens is 219 g/mol. The smallest absolute Gasteiger partial charge is 0.396 e. The SMILES string of the molecule is CNCC(c1cccc(OC)c1)C(F)(F)F. The molecule has 1 aromatic rings. The topological polar surface area (TPSA) is 21.3 Å². The molecule has 0 spiro atoms. The Labute approximate surface area is 92.4 Å². The van der Waals surface area contributed by atoms with Crippen LogP contribution in [-0.2, 0) is 0 Å². The second-order valence-electron chi connectivity index (χ2n) is 3.43. The Bertz CT molecular complexity index is 338. The molecule has 0 saturated heterocycles. The van der Waals surface area contributed by atoms with Crippen LogP contribution in [0.3, 0.4) is 0 Å². The fourth-order valence-electron chi connectivity index (χ4n) is 1.48. The molecule has 0 bridgehead atoms. The molecule has 0 aromatic heterocycles. The summed E-state index contributed by atoms with van der Waals surface area (Å²) in [5.41, 5.74) is 0.209. The van der Waals surface area contributed by atoms with Gasteiger partial charge in [-0.2, -0.15) is 13.2 Å². The summed E-state index contributed by atoms with van der Waals surface area (Å²) in [6.45, 7) is -0.142. The fraction of sp³-hybridized carbons (Fsp3) is 0.455. The molecule has 0 aliphatic rings. The molecule has 0 amide bonds. The zero-order valence-electron chi connectivity index (χ0n) is 9.14. The van der Waals surface area contributed by atoms with Crippen LogP contribution in [0.2, 0.25) is 0 Å². The molecular formula is C11H14F3NO. The molecule has 0 saturated carbocycles. The number of ether oxygens (including phenoxy) is 1. The predicted octanol–water partition coefficient (Wildman–Crippen LogP) is 2.56. The third kappa shape index (κ3) is 3.13. The number of hydrogen-bond donors (Lipinski definition) is 1. The van der Waals surface area contributed by atoms with Gasteiger partial charge in [0.1, 0.15) is 5.75 Å². The van der Waals surface area contributed by atoms with Crippen molar-refractivity contribution < 1.29 is 17.9 Å². The highest BCUT2D eigenvalue weighted by atomic mass is 19.4. The molecule has 1 unspecified atom stereocenters. The zero-order chi connectivity index (χ0) is 12.2. The van der Waals surface area contributed by atoms with E-state index in [1.54, 1.807) is 12.1 Å². The van der Waals surface area contributed by atoms with E-state index < -0.39 is 12.1 Å². The Morgan fingerprint density at radius 3 is 2.56 bits per heavy atom. The maximum Gasteiger partial charge on any atom is 0.396 e. The van der Waals surface area contributed by atoms with E-state index in [2.05, 4.69) is 5.32 Å². The van der Waals surface area contributed by atoms with E-state index in [9.17, 15) is 13.2 Å².